The Balaban J connectivity index is 2.60. The zero-order valence-corrected chi connectivity index (χ0v) is 11.2. The molecular weight excluding hydrogens is 218 g/mol. The number of carbonyl (C=O) groups is 2. The van der Waals surface area contributed by atoms with Gasteiger partial charge in [0, 0.05) is 6.04 Å². The zero-order chi connectivity index (χ0) is 13.3. The molecule has 1 unspecified atom stereocenters. The van der Waals surface area contributed by atoms with Crippen molar-refractivity contribution in [3.05, 3.63) is 0 Å². The van der Waals surface area contributed by atoms with Crippen LogP contribution in [0.15, 0.2) is 0 Å². The highest BCUT2D eigenvalue weighted by Crippen LogP contribution is 2.35. The maximum Gasteiger partial charge on any atom is 0.318 e. The van der Waals surface area contributed by atoms with Crippen molar-refractivity contribution in [1.29, 1.82) is 0 Å². The van der Waals surface area contributed by atoms with Crippen LogP contribution in [0.4, 0.5) is 0 Å². The SMILES string of the molecule is CC1(C)CCCC(NC(=O)C(C)(C)C(=O)O)C1. The van der Waals surface area contributed by atoms with Gasteiger partial charge in [0.05, 0.1) is 0 Å². The number of aliphatic carboxylic acids is 1. The number of amides is 1. The van der Waals surface area contributed by atoms with Gasteiger partial charge in [-0.25, -0.2) is 0 Å². The summed E-state index contributed by atoms with van der Waals surface area (Å²) in [6.07, 6.45) is 4.13. The first-order valence-electron chi connectivity index (χ1n) is 6.19. The number of carbonyl (C=O) groups excluding carboxylic acids is 1. The lowest BCUT2D eigenvalue weighted by Gasteiger charge is -2.36. The number of nitrogens with one attached hydrogen (secondary N) is 1. The number of hydrogen-bond acceptors (Lipinski definition) is 2. The average molecular weight is 241 g/mol. The molecule has 0 spiro atoms. The number of carboxylic acid groups (broad SMARTS) is 1. The third-order valence-corrected chi connectivity index (χ3v) is 3.64. The Morgan fingerprint density at radius 1 is 1.35 bits per heavy atom. The molecule has 0 heterocycles. The van der Waals surface area contributed by atoms with Gasteiger partial charge in [-0.1, -0.05) is 20.3 Å². The summed E-state index contributed by atoms with van der Waals surface area (Å²) in [5.74, 6) is -1.46. The average Bonchev–Trinajstić information content (AvgIpc) is 2.15. The van der Waals surface area contributed by atoms with Gasteiger partial charge in [-0.05, 0) is 38.5 Å². The molecule has 0 saturated heterocycles. The predicted molar refractivity (Wildman–Crippen MR) is 65.6 cm³/mol. The zero-order valence-electron chi connectivity index (χ0n) is 11.2. The van der Waals surface area contributed by atoms with Gasteiger partial charge in [-0.2, -0.15) is 0 Å². The maximum absolute atomic E-state index is 11.9. The number of rotatable bonds is 3. The molecule has 0 aliphatic heterocycles. The number of carboxylic acids is 1. The van der Waals surface area contributed by atoms with Crippen LogP contribution in [0.3, 0.4) is 0 Å². The summed E-state index contributed by atoms with van der Waals surface area (Å²) in [7, 11) is 0. The van der Waals surface area contributed by atoms with Crippen molar-refractivity contribution in [3.63, 3.8) is 0 Å². The molecule has 1 aliphatic carbocycles. The Kier molecular flexibility index (Phi) is 3.84. The van der Waals surface area contributed by atoms with Crippen molar-refractivity contribution in [2.45, 2.75) is 59.4 Å². The van der Waals surface area contributed by atoms with Crippen LogP contribution < -0.4 is 5.32 Å². The Hall–Kier alpha value is -1.06. The van der Waals surface area contributed by atoms with Gasteiger partial charge in [0.2, 0.25) is 5.91 Å². The predicted octanol–water partition coefficient (Wildman–Crippen LogP) is 2.18. The van der Waals surface area contributed by atoms with E-state index in [1.165, 1.54) is 20.3 Å². The minimum atomic E-state index is -1.35. The molecule has 1 fully saturated rings. The van der Waals surface area contributed by atoms with Gasteiger partial charge < -0.3 is 10.4 Å². The standard InChI is InChI=1S/C13H23NO3/c1-12(2)7-5-6-9(8-12)14-10(15)13(3,4)11(16)17/h9H,5-8H2,1-4H3,(H,14,15)(H,16,17). The smallest absolute Gasteiger partial charge is 0.318 e. The van der Waals surface area contributed by atoms with Gasteiger partial charge >= 0.3 is 5.97 Å². The van der Waals surface area contributed by atoms with Crippen molar-refractivity contribution in [2.24, 2.45) is 10.8 Å². The lowest BCUT2D eigenvalue weighted by atomic mass is 9.75. The molecule has 1 atom stereocenters. The highest BCUT2D eigenvalue weighted by Gasteiger charge is 2.38. The third kappa shape index (κ3) is 3.45. The normalized spacial score (nSPS) is 24.1. The summed E-state index contributed by atoms with van der Waals surface area (Å²) in [5.41, 5.74) is -1.11. The summed E-state index contributed by atoms with van der Waals surface area (Å²) in [5, 5.41) is 11.9. The quantitative estimate of drug-likeness (QED) is 0.744. The van der Waals surface area contributed by atoms with Crippen molar-refractivity contribution in [2.75, 3.05) is 0 Å². The monoisotopic (exact) mass is 241 g/mol. The second kappa shape index (κ2) is 4.67. The molecule has 1 saturated carbocycles. The van der Waals surface area contributed by atoms with Crippen LogP contribution in [0.1, 0.15) is 53.4 Å². The molecule has 0 radical (unpaired) electrons. The Morgan fingerprint density at radius 3 is 2.41 bits per heavy atom. The fraction of sp³-hybridized carbons (Fsp3) is 0.846. The largest absolute Gasteiger partial charge is 0.480 e. The van der Waals surface area contributed by atoms with Crippen LogP contribution in [-0.2, 0) is 9.59 Å². The fourth-order valence-electron chi connectivity index (χ4n) is 2.28. The van der Waals surface area contributed by atoms with Crippen LogP contribution in [0, 0.1) is 10.8 Å². The fourth-order valence-corrected chi connectivity index (χ4v) is 2.28. The summed E-state index contributed by atoms with van der Waals surface area (Å²) in [4.78, 5) is 22.9. The van der Waals surface area contributed by atoms with Crippen LogP contribution in [0.5, 0.6) is 0 Å². The molecule has 0 aromatic carbocycles. The van der Waals surface area contributed by atoms with E-state index >= 15 is 0 Å². The minimum absolute atomic E-state index is 0.116. The van der Waals surface area contributed by atoms with Crippen molar-refractivity contribution in [1.82, 2.24) is 5.32 Å². The Bertz CT molecular complexity index is 321. The summed E-state index contributed by atoms with van der Waals surface area (Å²) in [6.45, 7) is 7.26. The number of hydrogen-bond donors (Lipinski definition) is 2. The lowest BCUT2D eigenvalue weighted by Crippen LogP contribution is -2.48. The molecule has 1 amide bonds. The molecule has 0 bridgehead atoms. The second-order valence-electron chi connectivity index (χ2n) is 6.36. The molecule has 1 aliphatic rings. The third-order valence-electron chi connectivity index (χ3n) is 3.64. The molecule has 1 rings (SSSR count). The van der Waals surface area contributed by atoms with Gasteiger partial charge in [0.25, 0.3) is 0 Å². The van der Waals surface area contributed by atoms with E-state index in [9.17, 15) is 9.59 Å². The lowest BCUT2D eigenvalue weighted by molar-refractivity contribution is -0.153. The van der Waals surface area contributed by atoms with Crippen LogP contribution in [-0.4, -0.2) is 23.0 Å². The summed E-state index contributed by atoms with van der Waals surface area (Å²) < 4.78 is 0. The topological polar surface area (TPSA) is 66.4 Å². The molecule has 4 heteroatoms. The molecule has 17 heavy (non-hydrogen) atoms. The van der Waals surface area contributed by atoms with Gasteiger partial charge in [-0.15, -0.1) is 0 Å². The molecule has 98 valence electrons. The van der Waals surface area contributed by atoms with Crippen LogP contribution in [0.25, 0.3) is 0 Å². The van der Waals surface area contributed by atoms with E-state index in [0.717, 1.165) is 19.3 Å². The van der Waals surface area contributed by atoms with Crippen LogP contribution in [0.2, 0.25) is 0 Å². The highest BCUT2D eigenvalue weighted by atomic mass is 16.4. The van der Waals surface area contributed by atoms with E-state index in [2.05, 4.69) is 19.2 Å². The Labute approximate surface area is 103 Å². The highest BCUT2D eigenvalue weighted by molar-refractivity contribution is 6.01. The van der Waals surface area contributed by atoms with E-state index in [1.54, 1.807) is 0 Å². The maximum atomic E-state index is 11.9. The summed E-state index contributed by atoms with van der Waals surface area (Å²) in [6, 6.07) is 0.116. The molecule has 0 aromatic heterocycles. The van der Waals surface area contributed by atoms with Gasteiger partial charge in [0.1, 0.15) is 5.41 Å². The van der Waals surface area contributed by atoms with Gasteiger partial charge in [0.15, 0.2) is 0 Å². The first-order chi connectivity index (χ1) is 7.65. The van der Waals surface area contributed by atoms with E-state index < -0.39 is 11.4 Å². The van der Waals surface area contributed by atoms with E-state index in [-0.39, 0.29) is 17.4 Å². The summed E-state index contributed by atoms with van der Waals surface area (Å²) >= 11 is 0. The first-order valence-corrected chi connectivity index (χ1v) is 6.19. The molecule has 2 N–H and O–H groups in total. The van der Waals surface area contributed by atoms with Crippen molar-refractivity contribution >= 4 is 11.9 Å². The Morgan fingerprint density at radius 2 is 1.94 bits per heavy atom. The van der Waals surface area contributed by atoms with Crippen molar-refractivity contribution < 1.29 is 14.7 Å². The van der Waals surface area contributed by atoms with E-state index in [0.29, 0.717) is 0 Å². The molecule has 0 aromatic rings. The van der Waals surface area contributed by atoms with Crippen LogP contribution >= 0.6 is 0 Å². The first kappa shape index (κ1) is 14.0. The second-order valence-corrected chi connectivity index (χ2v) is 6.36. The van der Waals surface area contributed by atoms with E-state index in [4.69, 9.17) is 5.11 Å². The van der Waals surface area contributed by atoms with E-state index in [1.807, 2.05) is 0 Å². The van der Waals surface area contributed by atoms with Gasteiger partial charge in [-0.3, -0.25) is 9.59 Å². The van der Waals surface area contributed by atoms with Crippen molar-refractivity contribution in [3.8, 4) is 0 Å². The molecular formula is C13H23NO3. The molecule has 4 nitrogen and oxygen atoms in total. The minimum Gasteiger partial charge on any atom is -0.480 e.